The van der Waals surface area contributed by atoms with Crippen LogP contribution in [0.5, 0.6) is 0 Å². The van der Waals surface area contributed by atoms with E-state index in [1.807, 2.05) is 24.6 Å². The molecular weight excluding hydrogens is 449 g/mol. The lowest BCUT2D eigenvalue weighted by Gasteiger charge is -2.16. The van der Waals surface area contributed by atoms with E-state index in [0.29, 0.717) is 5.69 Å². The van der Waals surface area contributed by atoms with Crippen LogP contribution in [-0.2, 0) is 36.6 Å². The topological polar surface area (TPSA) is 91.7 Å². The quantitative estimate of drug-likeness (QED) is 0.291. The maximum Gasteiger partial charge on any atom is 0.475 e. The molecule has 3 rings (SSSR count). The highest BCUT2D eigenvalue weighted by Crippen LogP contribution is 2.49. The number of benzene rings is 1. The second kappa shape index (κ2) is 11.4. The molecule has 1 N–H and O–H groups in total. The Labute approximate surface area is 191 Å². The van der Waals surface area contributed by atoms with Crippen molar-refractivity contribution in [1.82, 2.24) is 9.78 Å². The predicted molar refractivity (Wildman–Crippen MR) is 126 cm³/mol. The van der Waals surface area contributed by atoms with Crippen molar-refractivity contribution < 1.29 is 22.9 Å². The van der Waals surface area contributed by atoms with Gasteiger partial charge in [-0.3, -0.25) is 23.0 Å². The molecule has 0 atom stereocenters. The molecule has 0 bridgehead atoms. The summed E-state index contributed by atoms with van der Waals surface area (Å²) in [7, 11) is -1.69. The van der Waals surface area contributed by atoms with Crippen LogP contribution in [0.2, 0.25) is 0 Å². The minimum absolute atomic E-state index is 0.0674. The average Bonchev–Trinajstić information content (AvgIpc) is 3.41. The first-order valence-corrected chi connectivity index (χ1v) is 12.5. The van der Waals surface area contributed by atoms with Gasteiger partial charge < -0.3 is 5.32 Å². The molecule has 0 saturated heterocycles. The van der Waals surface area contributed by atoms with Gasteiger partial charge in [0, 0.05) is 24.4 Å². The summed E-state index contributed by atoms with van der Waals surface area (Å²) in [6, 6.07) is 11.0. The Bertz CT molecular complexity index is 1080. The molecule has 2 heterocycles. The van der Waals surface area contributed by atoms with Gasteiger partial charge in [0.1, 0.15) is 0 Å². The average molecular weight is 476 g/mol. The van der Waals surface area contributed by atoms with Crippen molar-refractivity contribution in [2.24, 2.45) is 7.05 Å². The summed E-state index contributed by atoms with van der Waals surface area (Å²) in [5, 5.41) is 9.11. The van der Waals surface area contributed by atoms with Crippen LogP contribution in [0.15, 0.2) is 54.1 Å². The molecule has 0 fully saturated rings. The molecular formula is C22H26N3O5PS. The summed E-state index contributed by atoms with van der Waals surface area (Å²) in [4.78, 5) is 13.4. The van der Waals surface area contributed by atoms with E-state index in [9.17, 15) is 9.36 Å². The van der Waals surface area contributed by atoms with Crippen molar-refractivity contribution in [3.63, 3.8) is 0 Å². The van der Waals surface area contributed by atoms with Crippen LogP contribution in [0.3, 0.4) is 0 Å². The van der Waals surface area contributed by atoms with E-state index in [-0.39, 0.29) is 25.7 Å². The van der Waals surface area contributed by atoms with E-state index in [1.54, 1.807) is 66.4 Å². The molecule has 3 aromatic rings. The van der Waals surface area contributed by atoms with Crippen molar-refractivity contribution >= 4 is 36.8 Å². The van der Waals surface area contributed by atoms with Crippen LogP contribution in [0.1, 0.15) is 25.0 Å². The number of anilines is 1. The Morgan fingerprint density at radius 1 is 1.16 bits per heavy atom. The number of hydrogen-bond acceptors (Lipinski definition) is 7. The van der Waals surface area contributed by atoms with Crippen molar-refractivity contribution in [3.8, 4) is 10.6 Å². The number of nitrogens with one attached hydrogen (secondary N) is 1. The van der Waals surface area contributed by atoms with Gasteiger partial charge in [0.05, 0.1) is 36.6 Å². The van der Waals surface area contributed by atoms with Gasteiger partial charge in [0.2, 0.25) is 5.91 Å². The SMILES string of the molecule is CCOP(=O)(OCC)OCc1ccc(NC(=O)C=Cc2cnn(C)c2-c2cccs2)cc1. The number of phosphoric acid groups is 1. The zero-order chi connectivity index (χ0) is 23.0. The van der Waals surface area contributed by atoms with Crippen LogP contribution in [0.4, 0.5) is 5.69 Å². The second-order valence-corrected chi connectivity index (χ2v) is 9.24. The van der Waals surface area contributed by atoms with Gasteiger partial charge in [-0.25, -0.2) is 4.57 Å². The molecule has 8 nitrogen and oxygen atoms in total. The zero-order valence-electron chi connectivity index (χ0n) is 18.2. The zero-order valence-corrected chi connectivity index (χ0v) is 19.9. The first-order valence-electron chi connectivity index (χ1n) is 10.1. The third kappa shape index (κ3) is 6.48. The van der Waals surface area contributed by atoms with Crippen LogP contribution >= 0.6 is 19.2 Å². The highest BCUT2D eigenvalue weighted by Gasteiger charge is 2.25. The summed E-state index contributed by atoms with van der Waals surface area (Å²) < 4.78 is 29.7. The molecule has 0 aliphatic heterocycles. The Balaban J connectivity index is 1.58. The lowest BCUT2D eigenvalue weighted by Crippen LogP contribution is -2.07. The third-order valence-electron chi connectivity index (χ3n) is 4.32. The minimum atomic E-state index is -3.56. The Morgan fingerprint density at radius 2 is 1.88 bits per heavy atom. The summed E-state index contributed by atoms with van der Waals surface area (Å²) in [5.74, 6) is -0.257. The summed E-state index contributed by atoms with van der Waals surface area (Å²) in [5.41, 5.74) is 3.23. The van der Waals surface area contributed by atoms with E-state index >= 15 is 0 Å². The first-order chi connectivity index (χ1) is 15.4. The van der Waals surface area contributed by atoms with E-state index in [2.05, 4.69) is 10.4 Å². The van der Waals surface area contributed by atoms with Crippen LogP contribution < -0.4 is 5.32 Å². The van der Waals surface area contributed by atoms with Crippen molar-refractivity contribution in [1.29, 1.82) is 0 Å². The predicted octanol–water partition coefficient (Wildman–Crippen LogP) is 5.50. The number of hydrogen-bond donors (Lipinski definition) is 1. The molecule has 1 aromatic carbocycles. The molecule has 0 radical (unpaired) electrons. The van der Waals surface area contributed by atoms with E-state index < -0.39 is 7.82 Å². The van der Waals surface area contributed by atoms with Gasteiger partial charge in [-0.1, -0.05) is 18.2 Å². The van der Waals surface area contributed by atoms with E-state index in [4.69, 9.17) is 13.6 Å². The van der Waals surface area contributed by atoms with Gasteiger partial charge in [-0.15, -0.1) is 11.3 Å². The molecule has 32 heavy (non-hydrogen) atoms. The van der Waals surface area contributed by atoms with Gasteiger partial charge in [0.15, 0.2) is 0 Å². The summed E-state index contributed by atoms with van der Waals surface area (Å²) >= 11 is 1.62. The third-order valence-corrected chi connectivity index (χ3v) is 6.79. The summed E-state index contributed by atoms with van der Waals surface area (Å²) in [6.45, 7) is 3.96. The lowest BCUT2D eigenvalue weighted by molar-refractivity contribution is -0.111. The second-order valence-electron chi connectivity index (χ2n) is 6.63. The number of phosphoric ester groups is 1. The number of carbonyl (C=O) groups is 1. The normalized spacial score (nSPS) is 11.8. The molecule has 170 valence electrons. The number of aryl methyl sites for hydroxylation is 1. The number of aromatic nitrogens is 2. The smallest absolute Gasteiger partial charge is 0.323 e. The molecule has 10 heteroatoms. The van der Waals surface area contributed by atoms with Crippen LogP contribution in [-0.4, -0.2) is 28.9 Å². The lowest BCUT2D eigenvalue weighted by atomic mass is 10.2. The molecule has 0 aliphatic rings. The molecule has 0 saturated carbocycles. The monoisotopic (exact) mass is 475 g/mol. The van der Waals surface area contributed by atoms with Crippen molar-refractivity contribution in [3.05, 3.63) is 65.2 Å². The first kappa shape index (κ1) is 24.1. The van der Waals surface area contributed by atoms with Crippen LogP contribution in [0, 0.1) is 0 Å². The van der Waals surface area contributed by atoms with Crippen molar-refractivity contribution in [2.45, 2.75) is 20.5 Å². The number of carbonyl (C=O) groups excluding carboxylic acids is 1. The van der Waals surface area contributed by atoms with Gasteiger partial charge in [0.25, 0.3) is 0 Å². The molecule has 2 aromatic heterocycles. The Morgan fingerprint density at radius 3 is 2.50 bits per heavy atom. The fourth-order valence-electron chi connectivity index (χ4n) is 2.91. The number of rotatable bonds is 11. The fourth-order valence-corrected chi connectivity index (χ4v) is 4.89. The van der Waals surface area contributed by atoms with Gasteiger partial charge >= 0.3 is 7.82 Å². The van der Waals surface area contributed by atoms with Gasteiger partial charge in [-0.05, 0) is 49.1 Å². The highest BCUT2D eigenvalue weighted by atomic mass is 32.1. The summed E-state index contributed by atoms with van der Waals surface area (Å²) in [6.07, 6.45) is 4.96. The van der Waals surface area contributed by atoms with Crippen molar-refractivity contribution in [2.75, 3.05) is 18.5 Å². The fraction of sp³-hybridized carbons (Fsp3) is 0.273. The molecule has 0 unspecified atom stereocenters. The number of nitrogens with zero attached hydrogens (tertiary/aromatic N) is 2. The largest absolute Gasteiger partial charge is 0.475 e. The Hall–Kier alpha value is -2.55. The van der Waals surface area contributed by atoms with E-state index in [1.165, 1.54) is 6.08 Å². The van der Waals surface area contributed by atoms with Gasteiger partial charge in [-0.2, -0.15) is 5.10 Å². The number of thiophene rings is 1. The van der Waals surface area contributed by atoms with E-state index in [0.717, 1.165) is 21.7 Å². The minimum Gasteiger partial charge on any atom is -0.323 e. The Kier molecular flexibility index (Phi) is 8.55. The molecule has 1 amide bonds. The maximum atomic E-state index is 12.4. The molecule has 0 spiro atoms. The highest BCUT2D eigenvalue weighted by molar-refractivity contribution is 7.48. The van der Waals surface area contributed by atoms with Crippen LogP contribution in [0.25, 0.3) is 16.6 Å². The standard InChI is InChI=1S/C22H26N3O5PS/c1-4-28-31(27,29-5-2)30-16-17-8-11-19(12-9-17)24-21(26)13-10-18-15-23-25(3)22(18)20-7-6-14-32-20/h6-15H,4-5,16H2,1-3H3,(H,24,26). The number of amides is 1. The molecule has 0 aliphatic carbocycles. The maximum absolute atomic E-state index is 12.4.